The minimum atomic E-state index is -0.456. The fourth-order valence-electron chi connectivity index (χ4n) is 1.39. The highest BCUT2D eigenvalue weighted by molar-refractivity contribution is 5.99. The van der Waals surface area contributed by atoms with Gasteiger partial charge in [-0.3, -0.25) is 4.79 Å². The third kappa shape index (κ3) is 4.57. The summed E-state index contributed by atoms with van der Waals surface area (Å²) in [6, 6.07) is 6.70. The number of Topliss-reactive ketones (excluding diaryl/α,β-unsaturated/α-hetero) is 1. The zero-order chi connectivity index (χ0) is 12.8. The van der Waals surface area contributed by atoms with Gasteiger partial charge in [-0.05, 0) is 43.5 Å². The number of benzene rings is 1. The Labute approximate surface area is 103 Å². The maximum atomic E-state index is 11.6. The van der Waals surface area contributed by atoms with Crippen molar-refractivity contribution in [1.29, 1.82) is 0 Å². The first-order chi connectivity index (χ1) is 8.00. The molecule has 0 aliphatic heterocycles. The third-order valence-corrected chi connectivity index (χ3v) is 2.52. The SMILES string of the molecule is CC(C)CCOc1ccc(C(=O)C(C)N)cc1. The lowest BCUT2D eigenvalue weighted by Crippen LogP contribution is -2.26. The molecule has 3 nitrogen and oxygen atoms in total. The number of nitrogens with two attached hydrogens (primary N) is 1. The maximum absolute atomic E-state index is 11.6. The zero-order valence-electron chi connectivity index (χ0n) is 10.8. The molecule has 1 aromatic rings. The van der Waals surface area contributed by atoms with Crippen LogP contribution in [0.5, 0.6) is 5.75 Å². The van der Waals surface area contributed by atoms with E-state index in [1.807, 2.05) is 12.1 Å². The molecule has 0 aliphatic carbocycles. The van der Waals surface area contributed by atoms with E-state index in [0.29, 0.717) is 18.1 Å². The van der Waals surface area contributed by atoms with Crippen LogP contribution in [0.2, 0.25) is 0 Å². The Morgan fingerprint density at radius 3 is 2.29 bits per heavy atom. The van der Waals surface area contributed by atoms with Crippen molar-refractivity contribution in [1.82, 2.24) is 0 Å². The van der Waals surface area contributed by atoms with Crippen LogP contribution in [0.3, 0.4) is 0 Å². The number of rotatable bonds is 6. The third-order valence-electron chi connectivity index (χ3n) is 2.52. The number of carbonyl (C=O) groups is 1. The predicted molar refractivity (Wildman–Crippen MR) is 69.4 cm³/mol. The molecule has 1 aromatic carbocycles. The second-order valence-corrected chi connectivity index (χ2v) is 4.71. The van der Waals surface area contributed by atoms with E-state index in [0.717, 1.165) is 12.2 Å². The van der Waals surface area contributed by atoms with Crippen LogP contribution in [0.25, 0.3) is 0 Å². The summed E-state index contributed by atoms with van der Waals surface area (Å²) >= 11 is 0. The minimum absolute atomic E-state index is 0.0428. The van der Waals surface area contributed by atoms with E-state index in [-0.39, 0.29) is 5.78 Å². The molecule has 0 amide bonds. The van der Waals surface area contributed by atoms with E-state index in [1.165, 1.54) is 0 Å². The first-order valence-electron chi connectivity index (χ1n) is 6.03. The number of hydrogen-bond donors (Lipinski definition) is 1. The molecule has 1 atom stereocenters. The topological polar surface area (TPSA) is 52.3 Å². The summed E-state index contributed by atoms with van der Waals surface area (Å²) < 4.78 is 5.57. The van der Waals surface area contributed by atoms with Crippen LogP contribution in [0.4, 0.5) is 0 Å². The Balaban J connectivity index is 2.53. The maximum Gasteiger partial charge on any atom is 0.179 e. The number of ether oxygens (including phenoxy) is 1. The first-order valence-corrected chi connectivity index (χ1v) is 6.03. The normalized spacial score (nSPS) is 12.5. The fourth-order valence-corrected chi connectivity index (χ4v) is 1.39. The Morgan fingerprint density at radius 2 is 1.82 bits per heavy atom. The van der Waals surface area contributed by atoms with Crippen LogP contribution in [-0.4, -0.2) is 18.4 Å². The van der Waals surface area contributed by atoms with Gasteiger partial charge in [0.25, 0.3) is 0 Å². The van der Waals surface area contributed by atoms with Gasteiger partial charge < -0.3 is 10.5 Å². The second kappa shape index (κ2) is 6.40. The summed E-state index contributed by atoms with van der Waals surface area (Å²) in [5.74, 6) is 1.39. The van der Waals surface area contributed by atoms with Crippen LogP contribution in [0, 0.1) is 5.92 Å². The van der Waals surface area contributed by atoms with Crippen molar-refractivity contribution in [3.63, 3.8) is 0 Å². The van der Waals surface area contributed by atoms with Gasteiger partial charge in [-0.15, -0.1) is 0 Å². The molecule has 1 unspecified atom stereocenters. The highest BCUT2D eigenvalue weighted by Gasteiger charge is 2.10. The van der Waals surface area contributed by atoms with Gasteiger partial charge in [0.2, 0.25) is 0 Å². The van der Waals surface area contributed by atoms with E-state index in [4.69, 9.17) is 10.5 Å². The quantitative estimate of drug-likeness (QED) is 0.771. The lowest BCUT2D eigenvalue weighted by molar-refractivity contribution is 0.0968. The number of carbonyl (C=O) groups excluding carboxylic acids is 1. The average Bonchev–Trinajstić information content (AvgIpc) is 2.28. The van der Waals surface area contributed by atoms with Crippen molar-refractivity contribution >= 4 is 5.78 Å². The minimum Gasteiger partial charge on any atom is -0.494 e. The molecule has 1 rings (SSSR count). The molecular weight excluding hydrogens is 214 g/mol. The van der Waals surface area contributed by atoms with E-state index >= 15 is 0 Å². The summed E-state index contributed by atoms with van der Waals surface area (Å²) in [4.78, 5) is 11.6. The molecular formula is C14H21NO2. The lowest BCUT2D eigenvalue weighted by Gasteiger charge is -2.09. The van der Waals surface area contributed by atoms with Gasteiger partial charge in [0.15, 0.2) is 5.78 Å². The Bertz CT molecular complexity index is 355. The molecule has 94 valence electrons. The summed E-state index contributed by atoms with van der Waals surface area (Å²) in [6.45, 7) is 6.72. The monoisotopic (exact) mass is 235 g/mol. The van der Waals surface area contributed by atoms with Crippen LogP contribution >= 0.6 is 0 Å². The van der Waals surface area contributed by atoms with E-state index in [9.17, 15) is 4.79 Å². The van der Waals surface area contributed by atoms with E-state index in [2.05, 4.69) is 13.8 Å². The molecule has 0 aliphatic rings. The van der Waals surface area contributed by atoms with Crippen molar-refractivity contribution in [3.05, 3.63) is 29.8 Å². The molecule has 0 saturated carbocycles. The summed E-state index contributed by atoms with van der Waals surface area (Å²) in [6.07, 6.45) is 1.03. The van der Waals surface area contributed by atoms with Crippen molar-refractivity contribution < 1.29 is 9.53 Å². The Kier molecular flexibility index (Phi) is 5.16. The molecule has 0 aromatic heterocycles. The van der Waals surface area contributed by atoms with Crippen molar-refractivity contribution in [2.75, 3.05) is 6.61 Å². The molecule has 0 heterocycles. The summed E-state index contributed by atoms with van der Waals surface area (Å²) in [5.41, 5.74) is 6.17. The molecule has 0 fully saturated rings. The van der Waals surface area contributed by atoms with Gasteiger partial charge >= 0.3 is 0 Å². The van der Waals surface area contributed by atoms with Crippen molar-refractivity contribution in [2.45, 2.75) is 33.2 Å². The fraction of sp³-hybridized carbons (Fsp3) is 0.500. The van der Waals surface area contributed by atoms with Crippen LogP contribution in [0.15, 0.2) is 24.3 Å². The number of ketones is 1. The lowest BCUT2D eigenvalue weighted by atomic mass is 10.1. The molecule has 0 bridgehead atoms. The van der Waals surface area contributed by atoms with Crippen molar-refractivity contribution in [2.24, 2.45) is 11.7 Å². The van der Waals surface area contributed by atoms with E-state index in [1.54, 1.807) is 19.1 Å². The Hall–Kier alpha value is -1.35. The highest BCUT2D eigenvalue weighted by Crippen LogP contribution is 2.14. The van der Waals surface area contributed by atoms with Crippen molar-refractivity contribution in [3.8, 4) is 5.75 Å². The summed E-state index contributed by atoms with van der Waals surface area (Å²) in [7, 11) is 0. The average molecular weight is 235 g/mol. The predicted octanol–water partition coefficient (Wildman–Crippen LogP) is 2.64. The van der Waals surface area contributed by atoms with Gasteiger partial charge in [0.05, 0.1) is 12.6 Å². The standard InChI is InChI=1S/C14H21NO2/c1-10(2)8-9-17-13-6-4-12(5-7-13)14(16)11(3)15/h4-7,10-11H,8-9,15H2,1-3H3. The molecule has 0 radical (unpaired) electrons. The van der Waals surface area contributed by atoms with Gasteiger partial charge in [-0.25, -0.2) is 0 Å². The van der Waals surface area contributed by atoms with E-state index < -0.39 is 6.04 Å². The Morgan fingerprint density at radius 1 is 1.24 bits per heavy atom. The van der Waals surface area contributed by atoms with Gasteiger partial charge in [-0.1, -0.05) is 13.8 Å². The first kappa shape index (κ1) is 13.7. The highest BCUT2D eigenvalue weighted by atomic mass is 16.5. The smallest absolute Gasteiger partial charge is 0.179 e. The summed E-state index contributed by atoms with van der Waals surface area (Å²) in [5, 5.41) is 0. The molecule has 0 spiro atoms. The van der Waals surface area contributed by atoms with Crippen LogP contribution < -0.4 is 10.5 Å². The zero-order valence-corrected chi connectivity index (χ0v) is 10.8. The molecule has 0 saturated heterocycles. The van der Waals surface area contributed by atoms with Crippen LogP contribution in [-0.2, 0) is 0 Å². The van der Waals surface area contributed by atoms with Gasteiger partial charge in [-0.2, -0.15) is 0 Å². The molecule has 2 N–H and O–H groups in total. The largest absolute Gasteiger partial charge is 0.494 e. The number of hydrogen-bond acceptors (Lipinski definition) is 3. The second-order valence-electron chi connectivity index (χ2n) is 4.71. The van der Waals surface area contributed by atoms with Crippen LogP contribution in [0.1, 0.15) is 37.6 Å². The molecule has 17 heavy (non-hydrogen) atoms. The van der Waals surface area contributed by atoms with Gasteiger partial charge in [0.1, 0.15) is 5.75 Å². The molecule has 3 heteroatoms. The van der Waals surface area contributed by atoms with Gasteiger partial charge in [0, 0.05) is 5.56 Å².